The molecule has 9 nitrogen and oxygen atoms in total. The molecule has 5 rings (SSSR count). The van der Waals surface area contributed by atoms with Crippen molar-refractivity contribution in [3.8, 4) is 17.6 Å². The minimum absolute atomic E-state index is 0.259. The fourth-order valence-corrected chi connectivity index (χ4v) is 4.68. The number of nitrogens with one attached hydrogen (secondary N) is 3. The van der Waals surface area contributed by atoms with Crippen LogP contribution in [0.25, 0.3) is 5.52 Å². The quantitative estimate of drug-likeness (QED) is 0.283. The van der Waals surface area contributed by atoms with Gasteiger partial charge in [-0.05, 0) is 69.3 Å². The molecular formula is C29H31N7O2. The Morgan fingerprint density at radius 3 is 2.53 bits per heavy atom. The Morgan fingerprint density at radius 1 is 1.05 bits per heavy atom. The zero-order valence-corrected chi connectivity index (χ0v) is 21.4. The van der Waals surface area contributed by atoms with Crippen molar-refractivity contribution in [2.45, 2.75) is 26.2 Å². The van der Waals surface area contributed by atoms with Crippen molar-refractivity contribution in [2.75, 3.05) is 36.8 Å². The van der Waals surface area contributed by atoms with Crippen molar-refractivity contribution in [1.29, 1.82) is 5.26 Å². The number of nitrogens with zero attached hydrogens (tertiary/aromatic N) is 4. The first-order valence-corrected chi connectivity index (χ1v) is 12.9. The van der Waals surface area contributed by atoms with Gasteiger partial charge in [0.1, 0.15) is 17.6 Å². The van der Waals surface area contributed by atoms with Crippen LogP contribution in [0.5, 0.6) is 11.5 Å². The Bertz CT molecular complexity index is 1440. The van der Waals surface area contributed by atoms with Crippen LogP contribution in [0.4, 0.5) is 21.9 Å². The molecule has 0 aliphatic carbocycles. The molecule has 0 spiro atoms. The molecule has 1 fully saturated rings. The van der Waals surface area contributed by atoms with Gasteiger partial charge in [-0.1, -0.05) is 24.6 Å². The number of urea groups is 1. The van der Waals surface area contributed by atoms with Gasteiger partial charge in [0.05, 0.1) is 34.8 Å². The molecule has 0 bridgehead atoms. The lowest BCUT2D eigenvalue weighted by molar-refractivity contribution is 0.224. The fourth-order valence-electron chi connectivity index (χ4n) is 4.68. The summed E-state index contributed by atoms with van der Waals surface area (Å²) in [5.74, 6) is 1.47. The molecule has 3 N–H and O–H groups in total. The summed E-state index contributed by atoms with van der Waals surface area (Å²) in [6.45, 7) is 5.54. The number of rotatable bonds is 8. The number of benzene rings is 2. The van der Waals surface area contributed by atoms with E-state index >= 15 is 0 Å². The van der Waals surface area contributed by atoms with Crippen LogP contribution in [0, 0.1) is 18.3 Å². The number of carbonyl (C=O) groups excluding carboxylic acids is 1. The molecule has 0 atom stereocenters. The van der Waals surface area contributed by atoms with E-state index in [4.69, 9.17) is 4.74 Å². The van der Waals surface area contributed by atoms with E-state index < -0.39 is 0 Å². The van der Waals surface area contributed by atoms with Crippen LogP contribution in [0.15, 0.2) is 67.0 Å². The summed E-state index contributed by atoms with van der Waals surface area (Å²) >= 11 is 0. The van der Waals surface area contributed by atoms with Gasteiger partial charge in [-0.3, -0.25) is 0 Å². The number of para-hydroxylation sites is 1. The molecule has 4 aromatic rings. The van der Waals surface area contributed by atoms with Crippen LogP contribution in [-0.4, -0.2) is 46.7 Å². The van der Waals surface area contributed by atoms with Crippen molar-refractivity contribution >= 4 is 28.6 Å². The number of piperidine rings is 1. The normalized spacial score (nSPS) is 13.6. The number of hydrogen-bond donors (Lipinski definition) is 3. The Balaban J connectivity index is 1.29. The highest BCUT2D eigenvalue weighted by Crippen LogP contribution is 2.33. The summed E-state index contributed by atoms with van der Waals surface area (Å²) in [5.41, 5.74) is 3.99. The molecule has 1 aliphatic rings. The summed E-state index contributed by atoms with van der Waals surface area (Å²) in [7, 11) is 0. The first-order chi connectivity index (χ1) is 18.6. The summed E-state index contributed by atoms with van der Waals surface area (Å²) in [6.07, 6.45) is 7.02. The summed E-state index contributed by atoms with van der Waals surface area (Å²) in [4.78, 5) is 15.0. The number of nitriles is 1. The summed E-state index contributed by atoms with van der Waals surface area (Å²) < 4.78 is 7.55. The minimum Gasteiger partial charge on any atom is -0.457 e. The van der Waals surface area contributed by atoms with Gasteiger partial charge in [-0.2, -0.15) is 10.4 Å². The second-order valence-electron chi connectivity index (χ2n) is 9.35. The van der Waals surface area contributed by atoms with E-state index in [9.17, 15) is 10.1 Å². The largest absolute Gasteiger partial charge is 0.457 e. The van der Waals surface area contributed by atoms with Gasteiger partial charge < -0.3 is 25.6 Å². The van der Waals surface area contributed by atoms with E-state index in [0.717, 1.165) is 42.2 Å². The lowest BCUT2D eigenvalue weighted by atomic mass is 10.1. The molecule has 194 valence electrons. The number of aromatic nitrogens is 2. The van der Waals surface area contributed by atoms with Crippen molar-refractivity contribution in [1.82, 2.24) is 19.8 Å². The van der Waals surface area contributed by atoms with E-state index in [1.54, 1.807) is 10.7 Å². The van der Waals surface area contributed by atoms with Crippen LogP contribution in [0.3, 0.4) is 0 Å². The Kier molecular flexibility index (Phi) is 7.71. The minimum atomic E-state index is -0.259. The third-order valence-electron chi connectivity index (χ3n) is 6.69. The third kappa shape index (κ3) is 5.88. The molecule has 2 aromatic heterocycles. The maximum Gasteiger partial charge on any atom is 0.319 e. The molecule has 3 heterocycles. The SMILES string of the molecule is Cc1c(NC(=O)NCCN2CCCCC2)cn2ncc(C#N)c(Nc3ccc(Oc4ccccc4)cc3)c12. The monoisotopic (exact) mass is 509 g/mol. The molecule has 0 radical (unpaired) electrons. The number of fused-ring (bicyclic) bond motifs is 1. The van der Waals surface area contributed by atoms with Crippen molar-refractivity contribution < 1.29 is 9.53 Å². The highest BCUT2D eigenvalue weighted by Gasteiger charge is 2.17. The zero-order chi connectivity index (χ0) is 26.3. The topological polar surface area (TPSA) is 107 Å². The first-order valence-electron chi connectivity index (χ1n) is 12.9. The maximum atomic E-state index is 12.6. The summed E-state index contributed by atoms with van der Waals surface area (Å²) in [5, 5.41) is 23.4. The molecule has 0 unspecified atom stereocenters. The van der Waals surface area contributed by atoms with E-state index in [0.29, 0.717) is 29.2 Å². The van der Waals surface area contributed by atoms with E-state index in [2.05, 4.69) is 32.0 Å². The molecule has 1 aliphatic heterocycles. The Morgan fingerprint density at radius 2 is 1.79 bits per heavy atom. The van der Waals surface area contributed by atoms with Gasteiger partial charge in [-0.15, -0.1) is 0 Å². The van der Waals surface area contributed by atoms with Gasteiger partial charge in [-0.25, -0.2) is 9.31 Å². The van der Waals surface area contributed by atoms with Crippen LogP contribution in [-0.2, 0) is 0 Å². The van der Waals surface area contributed by atoms with E-state index in [-0.39, 0.29) is 6.03 Å². The lowest BCUT2D eigenvalue weighted by Crippen LogP contribution is -2.39. The number of carbonyl (C=O) groups is 1. The Labute approximate surface area is 222 Å². The van der Waals surface area contributed by atoms with Gasteiger partial charge in [0.15, 0.2) is 0 Å². The van der Waals surface area contributed by atoms with Crippen LogP contribution in [0.1, 0.15) is 30.4 Å². The van der Waals surface area contributed by atoms with Crippen molar-refractivity contribution in [3.63, 3.8) is 0 Å². The average molecular weight is 510 g/mol. The smallest absolute Gasteiger partial charge is 0.319 e. The maximum absolute atomic E-state index is 12.6. The molecule has 9 heteroatoms. The molecular weight excluding hydrogens is 478 g/mol. The highest BCUT2D eigenvalue weighted by atomic mass is 16.5. The van der Waals surface area contributed by atoms with Gasteiger partial charge >= 0.3 is 6.03 Å². The number of hydrogen-bond acceptors (Lipinski definition) is 6. The number of amides is 2. The lowest BCUT2D eigenvalue weighted by Gasteiger charge is -2.26. The fraction of sp³-hybridized carbons (Fsp3) is 0.276. The Hall–Kier alpha value is -4.55. The molecule has 38 heavy (non-hydrogen) atoms. The second kappa shape index (κ2) is 11.7. The van der Waals surface area contributed by atoms with Crippen molar-refractivity contribution in [3.05, 3.63) is 78.1 Å². The highest BCUT2D eigenvalue weighted by molar-refractivity contribution is 5.94. The third-order valence-corrected chi connectivity index (χ3v) is 6.69. The molecule has 1 saturated heterocycles. The molecule has 0 saturated carbocycles. The number of ether oxygens (including phenoxy) is 1. The first kappa shape index (κ1) is 25.1. The van der Waals surface area contributed by atoms with E-state index in [1.165, 1.54) is 25.5 Å². The van der Waals surface area contributed by atoms with E-state index in [1.807, 2.05) is 61.5 Å². The summed E-state index contributed by atoms with van der Waals surface area (Å²) in [6, 6.07) is 19.1. The number of aryl methyl sites for hydroxylation is 1. The number of anilines is 3. The number of likely N-dealkylation sites (tertiary alicyclic amines) is 1. The van der Waals surface area contributed by atoms with Crippen LogP contribution < -0.4 is 20.7 Å². The van der Waals surface area contributed by atoms with Gasteiger partial charge in [0, 0.05) is 24.3 Å². The van der Waals surface area contributed by atoms with Gasteiger partial charge in [0.2, 0.25) is 0 Å². The van der Waals surface area contributed by atoms with Crippen LogP contribution >= 0.6 is 0 Å². The standard InChI is InChI=1S/C29H31N7O2/c1-21-26(34-29(37)31-14-17-35-15-6-3-7-16-35)20-36-28(21)27(22(18-30)19-32-36)33-23-10-12-25(13-11-23)38-24-8-4-2-5-9-24/h2,4-5,8-13,19-20,33H,3,6-7,14-17H2,1H3,(H2,31,34,37). The second-order valence-corrected chi connectivity index (χ2v) is 9.35. The molecule has 2 aromatic carbocycles. The van der Waals surface area contributed by atoms with Crippen LogP contribution in [0.2, 0.25) is 0 Å². The zero-order valence-electron chi connectivity index (χ0n) is 21.4. The molecule has 2 amide bonds. The van der Waals surface area contributed by atoms with Crippen molar-refractivity contribution in [2.24, 2.45) is 0 Å². The average Bonchev–Trinajstić information content (AvgIpc) is 3.26. The predicted octanol–water partition coefficient (Wildman–Crippen LogP) is 5.66. The predicted molar refractivity (Wildman–Crippen MR) is 148 cm³/mol. The van der Waals surface area contributed by atoms with Gasteiger partial charge in [0.25, 0.3) is 0 Å².